The van der Waals surface area contributed by atoms with E-state index in [1.54, 1.807) is 12.1 Å². The van der Waals surface area contributed by atoms with Gasteiger partial charge < -0.3 is 16.4 Å². The van der Waals surface area contributed by atoms with Crippen LogP contribution in [0.2, 0.25) is 0 Å². The van der Waals surface area contributed by atoms with Crippen molar-refractivity contribution in [1.82, 2.24) is 10.6 Å². The Bertz CT molecular complexity index is 991. The number of amides is 2. The Labute approximate surface area is 205 Å². The van der Waals surface area contributed by atoms with Crippen LogP contribution >= 0.6 is 35.7 Å². The molecule has 11 heteroatoms. The summed E-state index contributed by atoms with van der Waals surface area (Å²) in [5.74, 6) is 0.543. The fourth-order valence-electron chi connectivity index (χ4n) is 2.57. The number of thiocarbonyl (C=S) groups is 1. The molecule has 2 amide bonds. The van der Waals surface area contributed by atoms with Crippen LogP contribution in [0.1, 0.15) is 11.1 Å². The molecule has 0 spiro atoms. The summed E-state index contributed by atoms with van der Waals surface area (Å²) < 4.78 is 25.9. The van der Waals surface area contributed by atoms with Crippen LogP contribution in [0.3, 0.4) is 0 Å². The highest BCUT2D eigenvalue weighted by molar-refractivity contribution is 8.24. The highest BCUT2D eigenvalue weighted by Gasteiger charge is 2.15. The Morgan fingerprint density at radius 3 is 1.91 bits per heavy atom. The monoisotopic (exact) mass is 510 g/mol. The Kier molecular flexibility index (Phi) is 12.0. The molecular weight excluding hydrogens is 486 g/mol. The molecule has 2 saturated heterocycles. The number of nitrogens with two attached hydrogens (primary N) is 1. The molecule has 0 bridgehead atoms. The number of hydrogen-bond donors (Lipinski definition) is 3. The van der Waals surface area contributed by atoms with Gasteiger partial charge in [-0.3, -0.25) is 14.6 Å². The second kappa shape index (κ2) is 14.7. The van der Waals surface area contributed by atoms with Gasteiger partial charge in [0.25, 0.3) is 0 Å². The van der Waals surface area contributed by atoms with Crippen molar-refractivity contribution in [3.05, 3.63) is 71.3 Å². The van der Waals surface area contributed by atoms with Crippen LogP contribution in [0.5, 0.6) is 0 Å². The first-order valence-corrected chi connectivity index (χ1v) is 12.4. The fourth-order valence-corrected chi connectivity index (χ4v) is 4.09. The van der Waals surface area contributed by atoms with Gasteiger partial charge in [0, 0.05) is 6.54 Å². The van der Waals surface area contributed by atoms with Gasteiger partial charge in [-0.25, -0.2) is 8.78 Å². The molecule has 4 rings (SSSR count). The zero-order chi connectivity index (χ0) is 24.1. The predicted molar refractivity (Wildman–Crippen MR) is 135 cm³/mol. The van der Waals surface area contributed by atoms with E-state index in [1.807, 2.05) is 12.1 Å². The second-order valence-electron chi connectivity index (χ2n) is 6.70. The molecule has 2 aromatic carbocycles. The lowest BCUT2D eigenvalue weighted by Crippen LogP contribution is -2.20. The van der Waals surface area contributed by atoms with Crippen molar-refractivity contribution in [3.63, 3.8) is 0 Å². The molecule has 2 fully saturated rings. The van der Waals surface area contributed by atoms with Gasteiger partial charge >= 0.3 is 0 Å². The Morgan fingerprint density at radius 2 is 1.48 bits per heavy atom. The molecule has 0 atom stereocenters. The van der Waals surface area contributed by atoms with E-state index in [2.05, 4.69) is 27.8 Å². The van der Waals surface area contributed by atoms with Gasteiger partial charge in [0.2, 0.25) is 11.8 Å². The molecule has 4 N–H and O–H groups in total. The Balaban J connectivity index is 0.000000193. The number of nitrogens with zero attached hydrogens (tertiary/aromatic N) is 1. The second-order valence-corrected chi connectivity index (χ2v) is 9.31. The van der Waals surface area contributed by atoms with Gasteiger partial charge in [0.05, 0.1) is 11.5 Å². The van der Waals surface area contributed by atoms with E-state index in [0.717, 1.165) is 17.5 Å². The average Bonchev–Trinajstić information content (AvgIpc) is 3.36. The average molecular weight is 511 g/mol. The predicted octanol–water partition coefficient (Wildman–Crippen LogP) is 3.05. The molecule has 2 aromatic rings. The first-order chi connectivity index (χ1) is 15.9. The lowest BCUT2D eigenvalue weighted by molar-refractivity contribution is -0.117. The third-order valence-electron chi connectivity index (χ3n) is 4.03. The third kappa shape index (κ3) is 11.4. The van der Waals surface area contributed by atoms with Crippen LogP contribution in [-0.2, 0) is 22.4 Å². The number of rotatable bonds is 5. The molecule has 0 saturated carbocycles. The standard InChI is InChI=1S/C11H11FN2OS.C8H10FN.C3H3NOS2/c12-9-3-1-2-8(6-9)4-5-13-11-14-10(15)7-16-11;9-8-3-1-2-7(6-8)4-5-10;5-2-1-7-3(6)4-2/h1-3,6H,4-5,7H2,(H,13,14,15);1-3,6H,4-5,10H2;1H2,(H,4,5,6). The molecule has 2 heterocycles. The third-order valence-corrected chi connectivity index (χ3v) is 6.17. The van der Waals surface area contributed by atoms with E-state index in [-0.39, 0.29) is 23.4 Å². The zero-order valence-corrected chi connectivity index (χ0v) is 20.1. The molecule has 6 nitrogen and oxygen atoms in total. The van der Waals surface area contributed by atoms with Crippen LogP contribution in [0, 0.1) is 11.6 Å². The van der Waals surface area contributed by atoms with Gasteiger partial charge in [-0.15, -0.1) is 0 Å². The summed E-state index contributed by atoms with van der Waals surface area (Å²) in [6.07, 6.45) is 1.43. The van der Waals surface area contributed by atoms with Crippen molar-refractivity contribution in [1.29, 1.82) is 0 Å². The number of benzene rings is 2. The van der Waals surface area contributed by atoms with Crippen molar-refractivity contribution in [2.45, 2.75) is 12.8 Å². The number of thioether (sulfide) groups is 2. The number of hydrogen-bond acceptors (Lipinski definition) is 7. The molecule has 0 unspecified atom stereocenters. The number of halogens is 2. The topological polar surface area (TPSA) is 96.6 Å². The maximum Gasteiger partial charge on any atom is 0.236 e. The normalized spacial score (nSPS) is 15.8. The highest BCUT2D eigenvalue weighted by Crippen LogP contribution is 2.10. The van der Waals surface area contributed by atoms with Crippen molar-refractivity contribution < 1.29 is 18.4 Å². The number of carbonyl (C=O) groups excluding carboxylic acids is 2. The molecule has 2 aliphatic heterocycles. The maximum atomic E-state index is 12.8. The molecule has 0 aliphatic carbocycles. The number of amidine groups is 1. The molecule has 176 valence electrons. The summed E-state index contributed by atoms with van der Waals surface area (Å²) >= 11 is 7.41. The number of aliphatic imine (C=N–C) groups is 1. The SMILES string of the molecule is NCCc1cccc(F)c1.O=C1CSC(=NCCc2cccc(F)c2)N1.O=C1CSC(=S)N1. The number of nitrogens with one attached hydrogen (secondary N) is 2. The first kappa shape index (κ1) is 26.9. The van der Waals surface area contributed by atoms with E-state index in [0.29, 0.717) is 40.5 Å². The molecule has 33 heavy (non-hydrogen) atoms. The lowest BCUT2D eigenvalue weighted by atomic mass is 10.1. The van der Waals surface area contributed by atoms with Gasteiger partial charge in [0.1, 0.15) is 16.0 Å². The molecule has 2 aliphatic rings. The van der Waals surface area contributed by atoms with Gasteiger partial charge in [-0.05, 0) is 54.8 Å². The largest absolute Gasteiger partial charge is 0.330 e. The van der Waals surface area contributed by atoms with Crippen molar-refractivity contribution >= 4 is 57.0 Å². The zero-order valence-electron chi connectivity index (χ0n) is 17.7. The minimum absolute atomic E-state index is 0.00509. The maximum absolute atomic E-state index is 12.8. The quantitative estimate of drug-likeness (QED) is 0.535. The van der Waals surface area contributed by atoms with Crippen LogP contribution in [0.25, 0.3) is 0 Å². The highest BCUT2D eigenvalue weighted by atomic mass is 32.2. The van der Waals surface area contributed by atoms with Crippen LogP contribution < -0.4 is 16.4 Å². The molecule has 0 aromatic heterocycles. The minimum atomic E-state index is -0.228. The van der Waals surface area contributed by atoms with E-state index < -0.39 is 0 Å². The summed E-state index contributed by atoms with van der Waals surface area (Å²) in [5.41, 5.74) is 7.16. The summed E-state index contributed by atoms with van der Waals surface area (Å²) in [7, 11) is 0. The van der Waals surface area contributed by atoms with Crippen LogP contribution in [0.4, 0.5) is 8.78 Å². The van der Waals surface area contributed by atoms with E-state index in [1.165, 1.54) is 47.8 Å². The first-order valence-electron chi connectivity index (χ1n) is 9.98. The summed E-state index contributed by atoms with van der Waals surface area (Å²) in [4.78, 5) is 25.3. The molecular formula is C22H24F2N4O2S3. The fraction of sp³-hybridized carbons (Fsp3) is 0.273. The summed E-state index contributed by atoms with van der Waals surface area (Å²) in [6.45, 7) is 1.13. The van der Waals surface area contributed by atoms with Crippen molar-refractivity contribution in [2.24, 2.45) is 10.7 Å². The lowest BCUT2D eigenvalue weighted by Gasteiger charge is -1.99. The minimum Gasteiger partial charge on any atom is -0.330 e. The van der Waals surface area contributed by atoms with E-state index >= 15 is 0 Å². The van der Waals surface area contributed by atoms with Crippen molar-refractivity contribution in [3.8, 4) is 0 Å². The van der Waals surface area contributed by atoms with Gasteiger partial charge in [-0.1, -0.05) is 60.0 Å². The van der Waals surface area contributed by atoms with Gasteiger partial charge in [-0.2, -0.15) is 0 Å². The Hall–Kier alpha value is -2.34. The smallest absolute Gasteiger partial charge is 0.236 e. The van der Waals surface area contributed by atoms with Gasteiger partial charge in [0.15, 0.2) is 5.17 Å². The Morgan fingerprint density at radius 1 is 0.909 bits per heavy atom. The van der Waals surface area contributed by atoms with Crippen LogP contribution in [0.15, 0.2) is 53.5 Å². The van der Waals surface area contributed by atoms with Crippen molar-refractivity contribution in [2.75, 3.05) is 24.6 Å². The molecule has 0 radical (unpaired) electrons. The van der Waals surface area contributed by atoms with Crippen LogP contribution in [-0.4, -0.2) is 45.9 Å². The van der Waals surface area contributed by atoms with E-state index in [4.69, 9.17) is 5.73 Å². The number of carbonyl (C=O) groups is 2. The van der Waals surface area contributed by atoms with E-state index in [9.17, 15) is 18.4 Å². The summed E-state index contributed by atoms with van der Waals surface area (Å²) in [5, 5.41) is 5.79. The summed E-state index contributed by atoms with van der Waals surface area (Å²) in [6, 6.07) is 13.0.